The van der Waals surface area contributed by atoms with Gasteiger partial charge in [0.1, 0.15) is 5.76 Å². The number of nitrogens with one attached hydrogen (secondary N) is 2. The van der Waals surface area contributed by atoms with Gasteiger partial charge in [-0.3, -0.25) is 9.59 Å². The molecular formula is C17H21N3O3S. The summed E-state index contributed by atoms with van der Waals surface area (Å²) in [5, 5.41) is 5.57. The molecule has 1 heterocycles. The first-order valence-corrected chi connectivity index (χ1v) is 8.81. The van der Waals surface area contributed by atoms with Gasteiger partial charge in [-0.15, -0.1) is 0 Å². The molecule has 1 aromatic heterocycles. The number of likely N-dealkylation sites (N-methyl/N-ethyl adjacent to an activating group) is 1. The molecule has 2 rings (SSSR count). The molecule has 0 bridgehead atoms. The topological polar surface area (TPSA) is 74.6 Å². The van der Waals surface area contributed by atoms with Crippen LogP contribution in [0.3, 0.4) is 0 Å². The summed E-state index contributed by atoms with van der Waals surface area (Å²) in [6, 6.07) is 10.5. The van der Waals surface area contributed by atoms with Crippen LogP contribution in [-0.4, -0.2) is 43.6 Å². The molecule has 0 aliphatic carbocycles. The van der Waals surface area contributed by atoms with E-state index in [0.29, 0.717) is 17.1 Å². The molecule has 1 aromatic carbocycles. The molecule has 2 N–H and O–H groups in total. The lowest BCUT2D eigenvalue weighted by molar-refractivity contribution is -0.116. The van der Waals surface area contributed by atoms with Gasteiger partial charge in [0, 0.05) is 0 Å². The number of amides is 2. The largest absolute Gasteiger partial charge is 0.455 e. The summed E-state index contributed by atoms with van der Waals surface area (Å²) in [5.74, 6) is 1.21. The highest BCUT2D eigenvalue weighted by Gasteiger charge is 2.14. The van der Waals surface area contributed by atoms with Gasteiger partial charge in [0.15, 0.2) is 5.76 Å². The zero-order chi connectivity index (χ0) is 17.5. The number of hydrogen-bond donors (Lipinski definition) is 2. The van der Waals surface area contributed by atoms with Crippen LogP contribution < -0.4 is 10.6 Å². The quantitative estimate of drug-likeness (QED) is 0.805. The monoisotopic (exact) mass is 347 g/mol. The molecule has 24 heavy (non-hydrogen) atoms. The summed E-state index contributed by atoms with van der Waals surface area (Å²) in [5.41, 5.74) is 1.08. The Hall–Kier alpha value is -2.25. The molecule has 0 aliphatic rings. The SMILES string of the molecule is CSCc1ccc(C(=O)Nc2ccccc2NC(=O)CN(C)C)o1. The fraction of sp³-hybridized carbons (Fsp3) is 0.294. The van der Waals surface area contributed by atoms with Gasteiger partial charge in [-0.2, -0.15) is 11.8 Å². The van der Waals surface area contributed by atoms with E-state index in [1.807, 2.05) is 20.4 Å². The van der Waals surface area contributed by atoms with Crippen molar-refractivity contribution in [3.63, 3.8) is 0 Å². The molecular weight excluding hydrogens is 326 g/mol. The molecule has 6 nitrogen and oxygen atoms in total. The van der Waals surface area contributed by atoms with E-state index in [2.05, 4.69) is 10.6 Å². The second-order valence-electron chi connectivity index (χ2n) is 5.48. The molecule has 0 unspecified atom stereocenters. The molecule has 7 heteroatoms. The van der Waals surface area contributed by atoms with Crippen molar-refractivity contribution in [1.29, 1.82) is 0 Å². The van der Waals surface area contributed by atoms with Gasteiger partial charge >= 0.3 is 0 Å². The number of furan rings is 1. The van der Waals surface area contributed by atoms with Gasteiger partial charge < -0.3 is 20.0 Å². The van der Waals surface area contributed by atoms with E-state index in [-0.39, 0.29) is 24.1 Å². The average molecular weight is 347 g/mol. The van der Waals surface area contributed by atoms with Gasteiger partial charge in [0.05, 0.1) is 23.7 Å². The third-order valence-corrected chi connectivity index (χ3v) is 3.65. The predicted molar refractivity (Wildman–Crippen MR) is 97.5 cm³/mol. The molecule has 0 aliphatic heterocycles. The predicted octanol–water partition coefficient (Wildman–Crippen LogP) is 2.90. The van der Waals surface area contributed by atoms with Crippen LogP contribution in [0.15, 0.2) is 40.8 Å². The van der Waals surface area contributed by atoms with E-state index >= 15 is 0 Å². The Morgan fingerprint density at radius 3 is 2.38 bits per heavy atom. The molecule has 2 amide bonds. The second-order valence-corrected chi connectivity index (χ2v) is 6.35. The van der Waals surface area contributed by atoms with Crippen LogP contribution in [0.1, 0.15) is 16.3 Å². The fourth-order valence-electron chi connectivity index (χ4n) is 2.08. The number of benzene rings is 1. The van der Waals surface area contributed by atoms with Crippen molar-refractivity contribution in [3.8, 4) is 0 Å². The maximum atomic E-state index is 12.3. The van der Waals surface area contributed by atoms with Crippen molar-refractivity contribution in [1.82, 2.24) is 4.90 Å². The summed E-state index contributed by atoms with van der Waals surface area (Å²) < 4.78 is 5.50. The zero-order valence-electron chi connectivity index (χ0n) is 14.0. The Labute approximate surface area is 145 Å². The van der Waals surface area contributed by atoms with Crippen LogP contribution in [0.5, 0.6) is 0 Å². The minimum Gasteiger partial charge on any atom is -0.455 e. The van der Waals surface area contributed by atoms with Crippen LogP contribution in [-0.2, 0) is 10.5 Å². The van der Waals surface area contributed by atoms with Crippen molar-refractivity contribution in [2.24, 2.45) is 0 Å². The molecule has 0 saturated carbocycles. The van der Waals surface area contributed by atoms with Crippen molar-refractivity contribution < 1.29 is 14.0 Å². The van der Waals surface area contributed by atoms with E-state index in [4.69, 9.17) is 4.42 Å². The maximum Gasteiger partial charge on any atom is 0.291 e. The lowest BCUT2D eigenvalue weighted by atomic mass is 10.2. The Morgan fingerprint density at radius 1 is 1.08 bits per heavy atom. The normalized spacial score (nSPS) is 10.7. The lowest BCUT2D eigenvalue weighted by Crippen LogP contribution is -2.27. The number of anilines is 2. The Bertz CT molecular complexity index is 713. The van der Waals surface area contributed by atoms with E-state index in [9.17, 15) is 9.59 Å². The highest BCUT2D eigenvalue weighted by Crippen LogP contribution is 2.22. The Morgan fingerprint density at radius 2 is 1.75 bits per heavy atom. The first kappa shape index (κ1) is 18.1. The standard InChI is InChI=1S/C17H21N3O3S/c1-20(2)10-16(21)18-13-6-4-5-7-14(13)19-17(22)15-9-8-12(23-15)11-24-3/h4-9H,10-11H2,1-3H3,(H,18,21)(H,19,22). The van der Waals surface area contributed by atoms with E-state index in [1.54, 1.807) is 53.1 Å². The van der Waals surface area contributed by atoms with Crippen molar-refractivity contribution in [2.45, 2.75) is 5.75 Å². The van der Waals surface area contributed by atoms with Gasteiger partial charge in [0.2, 0.25) is 5.91 Å². The van der Waals surface area contributed by atoms with E-state index in [0.717, 1.165) is 5.76 Å². The molecule has 0 radical (unpaired) electrons. The van der Waals surface area contributed by atoms with Gasteiger partial charge in [-0.05, 0) is 44.6 Å². The number of nitrogens with zero attached hydrogens (tertiary/aromatic N) is 1. The zero-order valence-corrected chi connectivity index (χ0v) is 14.8. The smallest absolute Gasteiger partial charge is 0.291 e. The molecule has 0 fully saturated rings. The third kappa shape index (κ3) is 5.14. The third-order valence-electron chi connectivity index (χ3n) is 3.08. The highest BCUT2D eigenvalue weighted by atomic mass is 32.2. The highest BCUT2D eigenvalue weighted by molar-refractivity contribution is 7.97. The molecule has 2 aromatic rings. The summed E-state index contributed by atoms with van der Waals surface area (Å²) in [4.78, 5) is 26.0. The van der Waals surface area contributed by atoms with Crippen molar-refractivity contribution in [3.05, 3.63) is 47.9 Å². The Kier molecular flexibility index (Phi) is 6.45. The molecule has 128 valence electrons. The number of hydrogen-bond acceptors (Lipinski definition) is 5. The number of thioether (sulfide) groups is 1. The van der Waals surface area contributed by atoms with Crippen molar-refractivity contribution in [2.75, 3.05) is 37.5 Å². The number of para-hydroxylation sites is 2. The number of carbonyl (C=O) groups excluding carboxylic acids is 2. The molecule has 0 spiro atoms. The van der Waals surface area contributed by atoms with E-state index < -0.39 is 0 Å². The summed E-state index contributed by atoms with van der Waals surface area (Å²) in [6.45, 7) is 0.262. The lowest BCUT2D eigenvalue weighted by Gasteiger charge is -2.13. The minimum absolute atomic E-state index is 0.151. The van der Waals surface area contributed by atoms with Gasteiger partial charge in [-0.25, -0.2) is 0 Å². The van der Waals surface area contributed by atoms with Gasteiger partial charge in [0.25, 0.3) is 5.91 Å². The van der Waals surface area contributed by atoms with Gasteiger partial charge in [-0.1, -0.05) is 12.1 Å². The summed E-state index contributed by atoms with van der Waals surface area (Å²) in [7, 11) is 3.63. The summed E-state index contributed by atoms with van der Waals surface area (Å²) >= 11 is 1.62. The van der Waals surface area contributed by atoms with E-state index in [1.165, 1.54) is 0 Å². The molecule has 0 atom stereocenters. The van der Waals surface area contributed by atoms with Crippen molar-refractivity contribution >= 4 is 35.0 Å². The first-order chi connectivity index (χ1) is 11.5. The second kappa shape index (κ2) is 8.56. The first-order valence-electron chi connectivity index (χ1n) is 7.42. The van der Waals surface area contributed by atoms with Crippen LogP contribution in [0.25, 0.3) is 0 Å². The minimum atomic E-state index is -0.350. The Balaban J connectivity index is 2.08. The fourth-order valence-corrected chi connectivity index (χ4v) is 2.52. The van der Waals surface area contributed by atoms with Crippen LogP contribution in [0.2, 0.25) is 0 Å². The van der Waals surface area contributed by atoms with Crippen LogP contribution >= 0.6 is 11.8 Å². The van der Waals surface area contributed by atoms with Crippen LogP contribution in [0.4, 0.5) is 11.4 Å². The summed E-state index contributed by atoms with van der Waals surface area (Å²) in [6.07, 6.45) is 1.97. The van der Waals surface area contributed by atoms with Crippen LogP contribution in [0, 0.1) is 0 Å². The number of rotatable bonds is 7. The maximum absolute atomic E-state index is 12.3. The molecule has 0 saturated heterocycles. The number of carbonyl (C=O) groups is 2. The average Bonchev–Trinajstić information content (AvgIpc) is 2.97.